The number of hydrogen-bond donors (Lipinski definition) is 0. The molecule has 0 bridgehead atoms. The van der Waals surface area contributed by atoms with Gasteiger partial charge in [0, 0.05) is 12.3 Å². The highest BCUT2D eigenvalue weighted by Gasteiger charge is 1.94. The Kier molecular flexibility index (Phi) is 7.65. The average Bonchev–Trinajstić information content (AvgIpc) is 1.97. The van der Waals surface area contributed by atoms with Gasteiger partial charge in [-0.05, 0) is 26.3 Å². The molecule has 0 fully saturated rings. The van der Waals surface area contributed by atoms with Gasteiger partial charge in [0.05, 0.1) is 0 Å². The molecule has 0 aromatic carbocycles. The van der Waals surface area contributed by atoms with Gasteiger partial charge in [-0.15, -0.1) is 0 Å². The summed E-state index contributed by atoms with van der Waals surface area (Å²) in [7, 11) is 2.20. The second kappa shape index (κ2) is 7.42. The van der Waals surface area contributed by atoms with Crippen LogP contribution in [0.3, 0.4) is 0 Å². The van der Waals surface area contributed by atoms with Gasteiger partial charge in [0.2, 0.25) is 0 Å². The summed E-state index contributed by atoms with van der Waals surface area (Å²) < 4.78 is 0. The zero-order chi connectivity index (χ0) is 7.82. The second-order valence-electron chi connectivity index (χ2n) is 2.65. The number of thioether (sulfide) groups is 1. The fourth-order valence-electron chi connectivity index (χ4n) is 0.787. The molecule has 0 aliphatic carbocycles. The highest BCUT2D eigenvalue weighted by Crippen LogP contribution is 1.95. The molecule has 0 heterocycles. The molecule has 0 atom stereocenters. The lowest BCUT2D eigenvalue weighted by Crippen LogP contribution is -2.22. The Hall–Kier alpha value is 0.310. The first-order valence-electron chi connectivity index (χ1n) is 3.98. The monoisotopic (exact) mass is 161 g/mol. The van der Waals surface area contributed by atoms with Crippen LogP contribution < -0.4 is 0 Å². The molecule has 0 amide bonds. The van der Waals surface area contributed by atoms with E-state index < -0.39 is 0 Å². The minimum absolute atomic E-state index is 1.24. The van der Waals surface area contributed by atoms with Gasteiger partial charge >= 0.3 is 0 Å². The Balaban J connectivity index is 3.00. The summed E-state index contributed by atoms with van der Waals surface area (Å²) in [6, 6.07) is 0. The number of nitrogens with zero attached hydrogens (tertiary/aromatic N) is 1. The third-order valence-electron chi connectivity index (χ3n) is 1.57. The van der Waals surface area contributed by atoms with Gasteiger partial charge in [-0.3, -0.25) is 0 Å². The molecular formula is C8H19NS. The average molecular weight is 161 g/mol. The molecule has 0 aliphatic heterocycles. The molecule has 1 nitrogen and oxygen atoms in total. The molecule has 0 unspecified atom stereocenters. The summed E-state index contributed by atoms with van der Waals surface area (Å²) in [6.45, 7) is 4.74. The van der Waals surface area contributed by atoms with E-state index in [4.69, 9.17) is 0 Å². The Morgan fingerprint density at radius 3 is 2.50 bits per heavy atom. The fourth-order valence-corrected chi connectivity index (χ4v) is 1.28. The SMILES string of the molecule is CCCCN(C)CCSC. The van der Waals surface area contributed by atoms with Crippen LogP contribution in [0.4, 0.5) is 0 Å². The molecule has 0 aliphatic rings. The van der Waals surface area contributed by atoms with Gasteiger partial charge in [-0.25, -0.2) is 0 Å². The molecular weight excluding hydrogens is 142 g/mol. The van der Waals surface area contributed by atoms with Crippen molar-refractivity contribution in [2.75, 3.05) is 32.1 Å². The lowest BCUT2D eigenvalue weighted by Gasteiger charge is -2.14. The summed E-state index contributed by atoms with van der Waals surface area (Å²) in [5.74, 6) is 1.26. The first-order chi connectivity index (χ1) is 4.81. The molecule has 0 saturated carbocycles. The van der Waals surface area contributed by atoms with Crippen molar-refractivity contribution in [2.24, 2.45) is 0 Å². The van der Waals surface area contributed by atoms with Gasteiger partial charge in [0.25, 0.3) is 0 Å². The summed E-state index contributed by atoms with van der Waals surface area (Å²) >= 11 is 1.92. The van der Waals surface area contributed by atoms with Crippen molar-refractivity contribution < 1.29 is 0 Å². The highest BCUT2D eigenvalue weighted by atomic mass is 32.2. The molecule has 10 heavy (non-hydrogen) atoms. The number of unbranched alkanes of at least 4 members (excludes halogenated alkanes) is 1. The Labute approximate surface area is 69.2 Å². The minimum atomic E-state index is 1.24. The van der Waals surface area contributed by atoms with Gasteiger partial charge in [0.1, 0.15) is 0 Å². The van der Waals surface area contributed by atoms with E-state index in [2.05, 4.69) is 25.1 Å². The van der Waals surface area contributed by atoms with Crippen LogP contribution in [0.5, 0.6) is 0 Å². The maximum Gasteiger partial charge on any atom is 0.00692 e. The van der Waals surface area contributed by atoms with E-state index in [1.54, 1.807) is 0 Å². The Bertz CT molecular complexity index is 58.3. The van der Waals surface area contributed by atoms with E-state index >= 15 is 0 Å². The molecule has 0 rings (SSSR count). The van der Waals surface area contributed by atoms with E-state index in [1.807, 2.05) is 11.8 Å². The van der Waals surface area contributed by atoms with Crippen LogP contribution in [0.1, 0.15) is 19.8 Å². The lowest BCUT2D eigenvalue weighted by atomic mass is 10.3. The normalized spacial score (nSPS) is 10.8. The summed E-state index contributed by atoms with van der Waals surface area (Å²) in [4.78, 5) is 2.40. The first-order valence-corrected chi connectivity index (χ1v) is 5.38. The van der Waals surface area contributed by atoms with Crippen molar-refractivity contribution in [3.8, 4) is 0 Å². The summed E-state index contributed by atoms with van der Waals surface area (Å²) in [6.07, 6.45) is 4.81. The van der Waals surface area contributed by atoms with Crippen LogP contribution in [-0.4, -0.2) is 37.0 Å². The zero-order valence-corrected chi connectivity index (χ0v) is 8.21. The van der Waals surface area contributed by atoms with Gasteiger partial charge in [0.15, 0.2) is 0 Å². The standard InChI is InChI=1S/C8H19NS/c1-4-5-6-9(2)7-8-10-3/h4-8H2,1-3H3. The van der Waals surface area contributed by atoms with Gasteiger partial charge in [-0.2, -0.15) is 11.8 Å². The first kappa shape index (κ1) is 10.3. The van der Waals surface area contributed by atoms with Crippen LogP contribution in [0.2, 0.25) is 0 Å². The van der Waals surface area contributed by atoms with Crippen molar-refractivity contribution in [1.82, 2.24) is 4.90 Å². The smallest absolute Gasteiger partial charge is 0.00692 e. The zero-order valence-electron chi connectivity index (χ0n) is 7.39. The van der Waals surface area contributed by atoms with E-state index in [-0.39, 0.29) is 0 Å². The highest BCUT2D eigenvalue weighted by molar-refractivity contribution is 7.98. The predicted molar refractivity (Wildman–Crippen MR) is 50.8 cm³/mol. The topological polar surface area (TPSA) is 3.24 Å². The van der Waals surface area contributed by atoms with Crippen LogP contribution >= 0.6 is 11.8 Å². The third-order valence-corrected chi connectivity index (χ3v) is 2.16. The van der Waals surface area contributed by atoms with Gasteiger partial charge in [-0.1, -0.05) is 13.3 Å². The maximum absolute atomic E-state index is 2.40. The second-order valence-corrected chi connectivity index (χ2v) is 3.64. The Morgan fingerprint density at radius 2 is 2.00 bits per heavy atom. The van der Waals surface area contributed by atoms with Crippen molar-refractivity contribution >= 4 is 11.8 Å². The minimum Gasteiger partial charge on any atom is -0.306 e. The van der Waals surface area contributed by atoms with Crippen molar-refractivity contribution in [3.63, 3.8) is 0 Å². The molecule has 0 aromatic rings. The van der Waals surface area contributed by atoms with Crippen molar-refractivity contribution in [3.05, 3.63) is 0 Å². The third kappa shape index (κ3) is 6.43. The summed E-state index contributed by atoms with van der Waals surface area (Å²) in [5.41, 5.74) is 0. The van der Waals surface area contributed by atoms with Gasteiger partial charge < -0.3 is 4.90 Å². The summed E-state index contributed by atoms with van der Waals surface area (Å²) in [5, 5.41) is 0. The molecule has 62 valence electrons. The molecule has 0 N–H and O–H groups in total. The molecule has 0 aromatic heterocycles. The van der Waals surface area contributed by atoms with Crippen LogP contribution in [0.25, 0.3) is 0 Å². The quantitative estimate of drug-likeness (QED) is 0.587. The van der Waals surface area contributed by atoms with E-state index in [0.29, 0.717) is 0 Å². The molecule has 0 radical (unpaired) electrons. The van der Waals surface area contributed by atoms with Crippen LogP contribution in [0.15, 0.2) is 0 Å². The Morgan fingerprint density at radius 1 is 1.30 bits per heavy atom. The fraction of sp³-hybridized carbons (Fsp3) is 1.00. The van der Waals surface area contributed by atoms with Crippen LogP contribution in [-0.2, 0) is 0 Å². The van der Waals surface area contributed by atoms with E-state index in [9.17, 15) is 0 Å². The maximum atomic E-state index is 2.40. The molecule has 2 heteroatoms. The van der Waals surface area contributed by atoms with E-state index in [1.165, 1.54) is 31.7 Å². The lowest BCUT2D eigenvalue weighted by molar-refractivity contribution is 0.349. The van der Waals surface area contributed by atoms with Crippen molar-refractivity contribution in [2.45, 2.75) is 19.8 Å². The number of hydrogen-bond acceptors (Lipinski definition) is 2. The number of rotatable bonds is 6. The predicted octanol–water partition coefficient (Wildman–Crippen LogP) is 2.08. The van der Waals surface area contributed by atoms with E-state index in [0.717, 1.165) is 0 Å². The largest absolute Gasteiger partial charge is 0.306 e. The van der Waals surface area contributed by atoms with Crippen molar-refractivity contribution in [1.29, 1.82) is 0 Å². The van der Waals surface area contributed by atoms with Crippen LogP contribution in [0, 0.1) is 0 Å². The molecule has 0 spiro atoms. The molecule has 0 saturated heterocycles.